The predicted molar refractivity (Wildman–Crippen MR) is 132 cm³/mol. The molecule has 3 aromatic rings. The molecule has 0 unspecified atom stereocenters. The van der Waals surface area contributed by atoms with Crippen LogP contribution in [0.25, 0.3) is 21.9 Å². The first-order valence-corrected chi connectivity index (χ1v) is 12.3. The van der Waals surface area contributed by atoms with Crippen molar-refractivity contribution in [2.24, 2.45) is 5.92 Å². The predicted octanol–water partition coefficient (Wildman–Crippen LogP) is 7.23. The van der Waals surface area contributed by atoms with Crippen LogP contribution in [0.15, 0.2) is 53.9 Å². The van der Waals surface area contributed by atoms with Crippen LogP contribution in [-0.2, 0) is 11.3 Å². The van der Waals surface area contributed by atoms with E-state index in [0.717, 1.165) is 73.2 Å². The van der Waals surface area contributed by atoms with Crippen LogP contribution >= 0.6 is 11.3 Å². The third-order valence-corrected chi connectivity index (χ3v) is 7.01. The van der Waals surface area contributed by atoms with Gasteiger partial charge in [-0.25, -0.2) is 0 Å². The third-order valence-electron chi connectivity index (χ3n) is 6.06. The van der Waals surface area contributed by atoms with Gasteiger partial charge in [-0.2, -0.15) is 0 Å². The number of ketones is 1. The molecule has 1 aliphatic rings. The summed E-state index contributed by atoms with van der Waals surface area (Å²) in [4.78, 5) is 14.9. The van der Waals surface area contributed by atoms with Crippen molar-refractivity contribution in [3.8, 4) is 0 Å². The van der Waals surface area contributed by atoms with Crippen LogP contribution in [0.1, 0.15) is 61.1 Å². The van der Waals surface area contributed by atoms with Gasteiger partial charge < -0.3 is 9.30 Å². The minimum Gasteiger partial charge on any atom is -0.381 e. The Hall–Kier alpha value is -2.43. The second-order valence-electron chi connectivity index (χ2n) is 8.09. The summed E-state index contributed by atoms with van der Waals surface area (Å²) in [5.41, 5.74) is 3.71. The SMILES string of the molecule is CC/C=C(/C(=O)c1cc2ccsc2n1CC)c1ccccc1/C=C\CC1CCOCC1. The Morgan fingerprint density at radius 3 is 2.77 bits per heavy atom. The molecule has 31 heavy (non-hydrogen) atoms. The lowest BCUT2D eigenvalue weighted by Gasteiger charge is -2.20. The van der Waals surface area contributed by atoms with Gasteiger partial charge in [0.05, 0.1) is 5.69 Å². The first-order valence-electron chi connectivity index (χ1n) is 11.4. The van der Waals surface area contributed by atoms with Crippen LogP contribution in [0, 0.1) is 5.92 Å². The normalized spacial score (nSPS) is 15.9. The first-order chi connectivity index (χ1) is 15.2. The topological polar surface area (TPSA) is 31.2 Å². The largest absolute Gasteiger partial charge is 0.381 e. The lowest BCUT2D eigenvalue weighted by molar-refractivity contribution is 0.0673. The van der Waals surface area contributed by atoms with Crippen LogP contribution in [0.4, 0.5) is 0 Å². The lowest BCUT2D eigenvalue weighted by Crippen LogP contribution is -2.14. The summed E-state index contributed by atoms with van der Waals surface area (Å²) in [7, 11) is 0. The zero-order chi connectivity index (χ0) is 21.6. The van der Waals surface area contributed by atoms with Crippen molar-refractivity contribution in [1.82, 2.24) is 4.57 Å². The number of aromatic nitrogens is 1. The quantitative estimate of drug-likeness (QED) is 0.277. The highest BCUT2D eigenvalue weighted by molar-refractivity contribution is 7.16. The molecule has 0 aliphatic carbocycles. The molecule has 0 atom stereocenters. The first kappa shape index (κ1) is 21.8. The number of hydrogen-bond donors (Lipinski definition) is 0. The highest BCUT2D eigenvalue weighted by Crippen LogP contribution is 2.31. The molecule has 4 rings (SSSR count). The summed E-state index contributed by atoms with van der Waals surface area (Å²) in [6.45, 7) is 6.74. The Morgan fingerprint density at radius 2 is 2.00 bits per heavy atom. The van der Waals surface area contributed by atoms with Crippen LogP contribution < -0.4 is 0 Å². The number of Topliss-reactive ketones (excluding diaryl/α,β-unsaturated/α-hetero) is 1. The molecule has 1 saturated heterocycles. The fourth-order valence-electron chi connectivity index (χ4n) is 4.40. The number of thiophene rings is 1. The highest BCUT2D eigenvalue weighted by atomic mass is 32.1. The number of nitrogens with zero attached hydrogens (tertiary/aromatic N) is 1. The maximum Gasteiger partial charge on any atom is 0.209 e. The number of carbonyl (C=O) groups is 1. The summed E-state index contributed by atoms with van der Waals surface area (Å²) < 4.78 is 7.62. The third kappa shape index (κ3) is 4.76. The number of fused-ring (bicyclic) bond motifs is 1. The van der Waals surface area contributed by atoms with Gasteiger partial charge in [-0.15, -0.1) is 11.3 Å². The number of aryl methyl sites for hydroxylation is 1. The molecular weight excluding hydrogens is 402 g/mol. The van der Waals surface area contributed by atoms with Crippen molar-refractivity contribution in [3.63, 3.8) is 0 Å². The average Bonchev–Trinajstić information content (AvgIpc) is 3.39. The van der Waals surface area contributed by atoms with Crippen molar-refractivity contribution in [2.45, 2.75) is 46.1 Å². The molecule has 1 fully saturated rings. The van der Waals surface area contributed by atoms with E-state index in [9.17, 15) is 4.79 Å². The molecule has 0 bridgehead atoms. The van der Waals surface area contributed by atoms with E-state index in [1.54, 1.807) is 11.3 Å². The number of carbonyl (C=O) groups excluding carboxylic acids is 1. The van der Waals surface area contributed by atoms with Crippen molar-refractivity contribution < 1.29 is 9.53 Å². The number of hydrogen-bond acceptors (Lipinski definition) is 3. The molecule has 4 heteroatoms. The molecule has 1 aromatic carbocycles. The van der Waals surface area contributed by atoms with E-state index in [4.69, 9.17) is 4.74 Å². The lowest BCUT2D eigenvalue weighted by atomic mass is 9.92. The van der Waals surface area contributed by atoms with E-state index < -0.39 is 0 Å². The van der Waals surface area contributed by atoms with E-state index in [0.29, 0.717) is 5.92 Å². The molecule has 1 aliphatic heterocycles. The molecule has 0 spiro atoms. The van der Waals surface area contributed by atoms with E-state index in [2.05, 4.69) is 66.3 Å². The van der Waals surface area contributed by atoms with Gasteiger partial charge in [0, 0.05) is 30.7 Å². The monoisotopic (exact) mass is 433 g/mol. The molecular formula is C27H31NO2S. The van der Waals surface area contributed by atoms with Crippen LogP contribution in [0.3, 0.4) is 0 Å². The van der Waals surface area contributed by atoms with Crippen molar-refractivity contribution in [1.29, 1.82) is 0 Å². The second-order valence-corrected chi connectivity index (χ2v) is 8.99. The van der Waals surface area contributed by atoms with Gasteiger partial charge in [0.25, 0.3) is 0 Å². The molecule has 2 aromatic heterocycles. The minimum atomic E-state index is 0.109. The molecule has 162 valence electrons. The maximum absolute atomic E-state index is 13.7. The van der Waals surface area contributed by atoms with Gasteiger partial charge in [0.15, 0.2) is 0 Å². The van der Waals surface area contributed by atoms with Crippen molar-refractivity contribution in [3.05, 3.63) is 70.8 Å². The van der Waals surface area contributed by atoms with Gasteiger partial charge >= 0.3 is 0 Å². The number of allylic oxidation sites excluding steroid dienone is 3. The Bertz CT molecular complexity index is 1100. The molecule has 0 N–H and O–H groups in total. The maximum atomic E-state index is 13.7. The zero-order valence-corrected chi connectivity index (χ0v) is 19.3. The molecule has 3 heterocycles. The van der Waals surface area contributed by atoms with Gasteiger partial charge in [0.1, 0.15) is 4.83 Å². The van der Waals surface area contributed by atoms with Crippen LogP contribution in [0.5, 0.6) is 0 Å². The second kappa shape index (κ2) is 10.3. The Kier molecular flexibility index (Phi) is 7.21. The highest BCUT2D eigenvalue weighted by Gasteiger charge is 2.21. The molecule has 0 saturated carbocycles. The Labute approximate surface area is 189 Å². The summed E-state index contributed by atoms with van der Waals surface area (Å²) in [5, 5.41) is 3.24. The molecule has 0 amide bonds. The summed E-state index contributed by atoms with van der Waals surface area (Å²) in [6, 6.07) is 12.4. The van der Waals surface area contributed by atoms with Crippen molar-refractivity contribution >= 4 is 39.0 Å². The van der Waals surface area contributed by atoms with Crippen LogP contribution in [-0.4, -0.2) is 23.6 Å². The number of benzene rings is 1. The zero-order valence-electron chi connectivity index (χ0n) is 18.5. The summed E-state index contributed by atoms with van der Waals surface area (Å²) >= 11 is 1.70. The minimum absolute atomic E-state index is 0.109. The fraction of sp³-hybridized carbons (Fsp3) is 0.370. The Morgan fingerprint density at radius 1 is 1.19 bits per heavy atom. The van der Waals surface area contributed by atoms with E-state index in [1.807, 2.05) is 12.1 Å². The number of ether oxygens (including phenoxy) is 1. The fourth-order valence-corrected chi connectivity index (χ4v) is 5.36. The Balaban J connectivity index is 1.64. The van der Waals surface area contributed by atoms with E-state index >= 15 is 0 Å². The summed E-state index contributed by atoms with van der Waals surface area (Å²) in [5.74, 6) is 0.808. The van der Waals surface area contributed by atoms with Gasteiger partial charge in [-0.05, 0) is 67.2 Å². The number of rotatable bonds is 8. The van der Waals surface area contributed by atoms with Gasteiger partial charge in [-0.3, -0.25) is 4.79 Å². The molecule has 0 radical (unpaired) electrons. The standard InChI is InChI=1S/C27H31NO2S/c1-3-8-24(26(29)25-19-22-15-18-31-27(22)28(25)4-2)23-12-6-5-10-21(23)11-7-9-20-13-16-30-17-14-20/h5-8,10-12,15,18-20H,3-4,9,13-14,16-17H2,1-2H3/b11-7-,24-8+. The van der Waals surface area contributed by atoms with E-state index in [1.165, 1.54) is 4.83 Å². The van der Waals surface area contributed by atoms with Crippen molar-refractivity contribution in [2.75, 3.05) is 13.2 Å². The smallest absolute Gasteiger partial charge is 0.209 e. The van der Waals surface area contributed by atoms with Gasteiger partial charge in [-0.1, -0.05) is 49.4 Å². The summed E-state index contributed by atoms with van der Waals surface area (Å²) in [6.07, 6.45) is 10.7. The van der Waals surface area contributed by atoms with Crippen LogP contribution in [0.2, 0.25) is 0 Å². The average molecular weight is 434 g/mol. The van der Waals surface area contributed by atoms with Gasteiger partial charge in [0.2, 0.25) is 5.78 Å². The molecule has 3 nitrogen and oxygen atoms in total. The van der Waals surface area contributed by atoms with E-state index in [-0.39, 0.29) is 5.78 Å².